The van der Waals surface area contributed by atoms with Gasteiger partial charge in [-0.1, -0.05) is 140 Å². The van der Waals surface area contributed by atoms with Gasteiger partial charge < -0.3 is 9.32 Å². The van der Waals surface area contributed by atoms with E-state index in [2.05, 4.69) is 198 Å². The molecule has 0 unspecified atom stereocenters. The number of hydrogen-bond donors (Lipinski definition) is 0. The zero-order chi connectivity index (χ0) is 35.6. The van der Waals surface area contributed by atoms with E-state index in [4.69, 9.17) is 4.42 Å². The van der Waals surface area contributed by atoms with Gasteiger partial charge in [0.1, 0.15) is 5.58 Å². The summed E-state index contributed by atoms with van der Waals surface area (Å²) >= 11 is 1.86. The summed E-state index contributed by atoms with van der Waals surface area (Å²) in [6.07, 6.45) is 0. The van der Waals surface area contributed by atoms with Gasteiger partial charge in [-0.15, -0.1) is 11.3 Å². The predicted molar refractivity (Wildman–Crippen MR) is 229 cm³/mol. The molecule has 0 aliphatic heterocycles. The van der Waals surface area contributed by atoms with Gasteiger partial charge in [0.05, 0.1) is 21.3 Å². The zero-order valence-electron chi connectivity index (χ0n) is 29.2. The molecular formula is C50H32N2OS. The lowest BCUT2D eigenvalue weighted by Crippen LogP contribution is -2.10. The Kier molecular flexibility index (Phi) is 7.04. The third-order valence-corrected chi connectivity index (χ3v) is 11.8. The second-order valence-corrected chi connectivity index (χ2v) is 14.8. The van der Waals surface area contributed by atoms with E-state index in [0.29, 0.717) is 0 Å². The third kappa shape index (κ3) is 4.81. The molecule has 0 fully saturated rings. The van der Waals surface area contributed by atoms with Crippen LogP contribution in [0.25, 0.3) is 81.1 Å². The summed E-state index contributed by atoms with van der Waals surface area (Å²) in [5.74, 6) is 0. The minimum Gasteiger partial charge on any atom is -0.439 e. The molecule has 0 bridgehead atoms. The van der Waals surface area contributed by atoms with E-state index < -0.39 is 0 Å². The van der Waals surface area contributed by atoms with Crippen LogP contribution in [0.5, 0.6) is 0 Å². The number of rotatable bonds is 6. The van der Waals surface area contributed by atoms with Gasteiger partial charge in [0.25, 0.3) is 0 Å². The minimum atomic E-state index is 0.864. The molecule has 0 spiro atoms. The Balaban J connectivity index is 1.09. The monoisotopic (exact) mass is 708 g/mol. The van der Waals surface area contributed by atoms with Gasteiger partial charge in [-0.3, -0.25) is 4.57 Å². The molecule has 0 radical (unpaired) electrons. The first kappa shape index (κ1) is 30.7. The van der Waals surface area contributed by atoms with Crippen LogP contribution in [-0.4, -0.2) is 4.57 Å². The molecule has 0 aliphatic rings. The van der Waals surface area contributed by atoms with Crippen LogP contribution in [-0.2, 0) is 0 Å². The van der Waals surface area contributed by atoms with Gasteiger partial charge in [-0.2, -0.15) is 0 Å². The molecule has 11 aromatic rings. The number of thiophene rings is 1. The highest BCUT2D eigenvalue weighted by Crippen LogP contribution is 2.46. The molecule has 0 atom stereocenters. The maximum atomic E-state index is 6.61. The summed E-state index contributed by atoms with van der Waals surface area (Å²) in [4.78, 5) is 2.41. The Morgan fingerprint density at radius 1 is 0.444 bits per heavy atom. The molecule has 3 nitrogen and oxygen atoms in total. The van der Waals surface area contributed by atoms with Crippen LogP contribution < -0.4 is 4.90 Å². The molecule has 0 amide bonds. The van der Waals surface area contributed by atoms with Crippen LogP contribution in [0.1, 0.15) is 0 Å². The lowest BCUT2D eigenvalue weighted by atomic mass is 10.0. The van der Waals surface area contributed by atoms with E-state index in [0.717, 1.165) is 55.8 Å². The van der Waals surface area contributed by atoms with Gasteiger partial charge in [0.15, 0.2) is 0 Å². The van der Waals surface area contributed by atoms with Crippen molar-refractivity contribution in [1.29, 1.82) is 0 Å². The van der Waals surface area contributed by atoms with Crippen LogP contribution >= 0.6 is 11.3 Å². The number of hydrogen-bond acceptors (Lipinski definition) is 3. The van der Waals surface area contributed by atoms with Gasteiger partial charge in [0, 0.05) is 48.9 Å². The van der Waals surface area contributed by atoms with E-state index in [-0.39, 0.29) is 0 Å². The maximum Gasteiger partial charge on any atom is 0.213 e. The Labute approximate surface area is 316 Å². The first-order valence-electron chi connectivity index (χ1n) is 18.3. The zero-order valence-corrected chi connectivity index (χ0v) is 30.0. The SMILES string of the molecule is c1ccc(-c2ccc(N(c3ccc(-c4cccc5c6c7ccccc7oc6n(-c6ccccc6)c45)cc3)c3cccc4c3sc3ccccc34)cc2)cc1. The van der Waals surface area contributed by atoms with E-state index in [1.54, 1.807) is 0 Å². The summed E-state index contributed by atoms with van der Waals surface area (Å²) < 4.78 is 11.5. The lowest BCUT2D eigenvalue weighted by Gasteiger charge is -2.26. The van der Waals surface area contributed by atoms with Crippen molar-refractivity contribution in [3.8, 4) is 27.9 Å². The fourth-order valence-corrected chi connectivity index (χ4v) is 9.36. The summed E-state index contributed by atoms with van der Waals surface area (Å²) in [6.45, 7) is 0. The van der Waals surface area contributed by atoms with Crippen LogP contribution in [0.2, 0.25) is 0 Å². The fourth-order valence-electron chi connectivity index (χ4n) is 8.15. The number of anilines is 3. The molecular weight excluding hydrogens is 677 g/mol. The van der Waals surface area contributed by atoms with Crippen molar-refractivity contribution in [2.24, 2.45) is 0 Å². The van der Waals surface area contributed by atoms with Crippen molar-refractivity contribution < 1.29 is 4.42 Å². The average molecular weight is 709 g/mol. The molecule has 254 valence electrons. The highest BCUT2D eigenvalue weighted by molar-refractivity contribution is 7.26. The van der Waals surface area contributed by atoms with Crippen molar-refractivity contribution in [3.05, 3.63) is 194 Å². The minimum absolute atomic E-state index is 0.864. The van der Waals surface area contributed by atoms with E-state index >= 15 is 0 Å². The number of fused-ring (bicyclic) bond motifs is 8. The van der Waals surface area contributed by atoms with Crippen molar-refractivity contribution in [3.63, 3.8) is 0 Å². The number of para-hydroxylation sites is 3. The molecule has 0 aliphatic carbocycles. The average Bonchev–Trinajstić information content (AvgIpc) is 3.91. The first-order chi connectivity index (χ1) is 26.8. The fraction of sp³-hybridized carbons (Fsp3) is 0. The number of nitrogens with zero attached hydrogens (tertiary/aromatic N) is 2. The van der Waals surface area contributed by atoms with Crippen molar-refractivity contribution in [2.45, 2.75) is 0 Å². The molecule has 4 heteroatoms. The number of aromatic nitrogens is 1. The molecule has 0 saturated heterocycles. The van der Waals surface area contributed by atoms with E-state index in [1.807, 2.05) is 17.4 Å². The van der Waals surface area contributed by atoms with Crippen LogP contribution in [0, 0.1) is 0 Å². The summed E-state index contributed by atoms with van der Waals surface area (Å²) in [6, 6.07) is 69.5. The number of furan rings is 1. The highest BCUT2D eigenvalue weighted by atomic mass is 32.1. The van der Waals surface area contributed by atoms with E-state index in [9.17, 15) is 0 Å². The summed E-state index contributed by atoms with van der Waals surface area (Å²) in [5.41, 5.74) is 12.1. The summed E-state index contributed by atoms with van der Waals surface area (Å²) in [7, 11) is 0. The Morgan fingerprint density at radius 2 is 1.04 bits per heavy atom. The van der Waals surface area contributed by atoms with Gasteiger partial charge in [-0.25, -0.2) is 0 Å². The van der Waals surface area contributed by atoms with Crippen LogP contribution in [0.15, 0.2) is 199 Å². The van der Waals surface area contributed by atoms with E-state index in [1.165, 1.54) is 42.4 Å². The molecule has 0 saturated carbocycles. The van der Waals surface area contributed by atoms with Crippen LogP contribution in [0.4, 0.5) is 17.1 Å². The smallest absolute Gasteiger partial charge is 0.213 e. The first-order valence-corrected chi connectivity index (χ1v) is 19.1. The summed E-state index contributed by atoms with van der Waals surface area (Å²) in [5, 5.41) is 6.02. The second kappa shape index (κ2) is 12.4. The third-order valence-electron chi connectivity index (χ3n) is 10.6. The molecule has 3 aromatic heterocycles. The Bertz CT molecular complexity index is 3140. The number of benzene rings is 8. The Morgan fingerprint density at radius 3 is 1.81 bits per heavy atom. The predicted octanol–water partition coefficient (Wildman–Crippen LogP) is 14.7. The lowest BCUT2D eigenvalue weighted by molar-refractivity contribution is 0.645. The molecule has 8 aromatic carbocycles. The van der Waals surface area contributed by atoms with Crippen molar-refractivity contribution >= 4 is 81.5 Å². The Hall–Kier alpha value is -6.88. The van der Waals surface area contributed by atoms with Crippen molar-refractivity contribution in [2.75, 3.05) is 4.90 Å². The highest BCUT2D eigenvalue weighted by Gasteiger charge is 2.23. The standard InChI is InChI=1S/C50H32N2OS/c1-3-13-33(14-4-1)34-25-29-37(30-26-34)51(44-22-12-20-41-40-17-8-10-24-46(40)54-49(41)44)38-31-27-35(28-32-38)39-19-11-21-43-47-42-18-7-9-23-45(42)53-50(47)52(48(39)43)36-15-5-2-6-16-36/h1-32H. The van der Waals surface area contributed by atoms with Gasteiger partial charge in [0.2, 0.25) is 5.71 Å². The molecule has 3 heterocycles. The largest absolute Gasteiger partial charge is 0.439 e. The quantitative estimate of drug-likeness (QED) is 0.171. The maximum absolute atomic E-state index is 6.61. The normalized spacial score (nSPS) is 11.7. The van der Waals surface area contributed by atoms with Crippen molar-refractivity contribution in [1.82, 2.24) is 4.57 Å². The molecule has 11 rings (SSSR count). The van der Waals surface area contributed by atoms with Crippen LogP contribution in [0.3, 0.4) is 0 Å². The van der Waals surface area contributed by atoms with Gasteiger partial charge >= 0.3 is 0 Å². The van der Waals surface area contributed by atoms with Gasteiger partial charge in [-0.05, 0) is 71.3 Å². The molecule has 0 N–H and O–H groups in total. The topological polar surface area (TPSA) is 21.3 Å². The second-order valence-electron chi connectivity index (χ2n) is 13.7. The molecule has 54 heavy (non-hydrogen) atoms.